The van der Waals surface area contributed by atoms with E-state index in [2.05, 4.69) is 10.9 Å². The summed E-state index contributed by atoms with van der Waals surface area (Å²) >= 11 is 0. The molecule has 0 spiro atoms. The second-order valence-corrected chi connectivity index (χ2v) is 1.09. The van der Waals surface area contributed by atoms with Gasteiger partial charge in [-0.25, -0.2) is 5.43 Å². The van der Waals surface area contributed by atoms with Gasteiger partial charge < -0.3 is 10.5 Å². The molecule has 0 bridgehead atoms. The van der Waals surface area contributed by atoms with Crippen LogP contribution in [0.15, 0.2) is 12.0 Å². The van der Waals surface area contributed by atoms with Gasteiger partial charge in [-0.3, -0.25) is 5.43 Å². The Balaban J connectivity index is 3.44. The maximum absolute atomic E-state index is 8.59. The van der Waals surface area contributed by atoms with E-state index in [-0.39, 0.29) is 5.88 Å². The van der Waals surface area contributed by atoms with Gasteiger partial charge in [0.15, 0.2) is 5.88 Å². The topological polar surface area (TPSA) is 68.1 Å². The van der Waals surface area contributed by atoms with Crippen molar-refractivity contribution in [3.63, 3.8) is 0 Å². The van der Waals surface area contributed by atoms with Crippen LogP contribution in [0, 0.1) is 5.41 Å². The molecule has 0 aromatic carbocycles. The molecule has 0 atom stereocenters. The molecule has 0 aromatic heterocycles. The Labute approximate surface area is 47.7 Å². The summed E-state index contributed by atoms with van der Waals surface area (Å²) in [5, 5.41) is 15.1. The number of aliphatic hydroxyl groups excluding tert-OH is 1. The van der Waals surface area contributed by atoms with E-state index in [0.717, 1.165) is 6.21 Å². The van der Waals surface area contributed by atoms with Crippen molar-refractivity contribution >= 4 is 6.21 Å². The lowest BCUT2D eigenvalue weighted by molar-refractivity contribution is 0.348. The van der Waals surface area contributed by atoms with Crippen LogP contribution >= 0.6 is 0 Å². The van der Waals surface area contributed by atoms with E-state index in [9.17, 15) is 0 Å². The fourth-order valence-corrected chi connectivity index (χ4v) is 0.249. The van der Waals surface area contributed by atoms with E-state index in [0.29, 0.717) is 0 Å². The van der Waals surface area contributed by atoms with Gasteiger partial charge in [-0.05, 0) is 0 Å². The van der Waals surface area contributed by atoms with E-state index >= 15 is 0 Å². The molecule has 0 heterocycles. The maximum Gasteiger partial charge on any atom is 0.200 e. The van der Waals surface area contributed by atoms with Crippen molar-refractivity contribution in [2.75, 3.05) is 7.05 Å². The second-order valence-electron chi connectivity index (χ2n) is 1.09. The molecule has 0 rings (SSSR count). The lowest BCUT2D eigenvalue weighted by atomic mass is 10.6. The molecule has 4 nitrogen and oxygen atoms in total. The predicted octanol–water partition coefficient (Wildman–Crippen LogP) is -0.241. The van der Waals surface area contributed by atoms with Crippen molar-refractivity contribution in [3.8, 4) is 0 Å². The number of aliphatic hydroxyl groups is 1. The molecule has 0 fully saturated rings. The molecule has 46 valence electrons. The molecule has 0 amide bonds. The van der Waals surface area contributed by atoms with Crippen LogP contribution in [-0.2, 0) is 0 Å². The van der Waals surface area contributed by atoms with Gasteiger partial charge >= 0.3 is 0 Å². The third kappa shape index (κ3) is 3.17. The molecule has 8 heavy (non-hydrogen) atoms. The van der Waals surface area contributed by atoms with E-state index in [4.69, 9.17) is 10.5 Å². The van der Waals surface area contributed by atoms with Crippen molar-refractivity contribution in [1.29, 1.82) is 5.41 Å². The highest BCUT2D eigenvalue weighted by Crippen LogP contribution is 1.71. The lowest BCUT2D eigenvalue weighted by Gasteiger charge is -1.98. The Hall–Kier alpha value is -1.03. The highest BCUT2D eigenvalue weighted by Gasteiger charge is 1.80. The van der Waals surface area contributed by atoms with Gasteiger partial charge in [0.2, 0.25) is 0 Å². The summed E-state index contributed by atoms with van der Waals surface area (Å²) in [6.45, 7) is 0. The largest absolute Gasteiger partial charge is 0.494 e. The molecule has 0 aliphatic rings. The first kappa shape index (κ1) is 6.97. The quantitative estimate of drug-likeness (QED) is 0.233. The highest BCUT2D eigenvalue weighted by molar-refractivity contribution is 5.67. The zero-order valence-corrected chi connectivity index (χ0v) is 4.60. The summed E-state index contributed by atoms with van der Waals surface area (Å²) < 4.78 is 0. The van der Waals surface area contributed by atoms with Crippen molar-refractivity contribution in [2.24, 2.45) is 0 Å². The maximum atomic E-state index is 8.59. The minimum absolute atomic E-state index is 0.0671. The summed E-state index contributed by atoms with van der Waals surface area (Å²) in [5.74, 6) is -0.0671. The Bertz CT molecular complexity index is 99.5. The van der Waals surface area contributed by atoms with Crippen LogP contribution in [0.4, 0.5) is 0 Å². The Morgan fingerprint density at radius 3 is 2.75 bits per heavy atom. The van der Waals surface area contributed by atoms with E-state index in [1.807, 2.05) is 0 Å². The molecule has 0 radical (unpaired) electrons. The van der Waals surface area contributed by atoms with Gasteiger partial charge in [0.05, 0.1) is 0 Å². The van der Waals surface area contributed by atoms with Gasteiger partial charge in [-0.1, -0.05) is 0 Å². The van der Waals surface area contributed by atoms with Crippen LogP contribution in [0.5, 0.6) is 0 Å². The first-order valence-electron chi connectivity index (χ1n) is 2.13. The summed E-state index contributed by atoms with van der Waals surface area (Å²) in [7, 11) is 1.62. The molecule has 0 saturated heterocycles. The van der Waals surface area contributed by atoms with Gasteiger partial charge in [-0.15, -0.1) is 0 Å². The van der Waals surface area contributed by atoms with Crippen LogP contribution in [-0.4, -0.2) is 18.4 Å². The van der Waals surface area contributed by atoms with Crippen molar-refractivity contribution in [1.82, 2.24) is 10.9 Å². The summed E-state index contributed by atoms with van der Waals surface area (Å²) in [6, 6.07) is 0. The number of rotatable bonds is 3. The third-order valence-electron chi connectivity index (χ3n) is 0.494. The van der Waals surface area contributed by atoms with Gasteiger partial charge in [0.1, 0.15) is 0 Å². The Morgan fingerprint density at radius 1 is 1.75 bits per heavy atom. The average molecular weight is 115 g/mol. The third-order valence-corrected chi connectivity index (χ3v) is 0.494. The van der Waals surface area contributed by atoms with Crippen LogP contribution in [0.2, 0.25) is 0 Å². The molecule has 0 aromatic rings. The monoisotopic (exact) mass is 115 g/mol. The minimum atomic E-state index is -0.0671. The summed E-state index contributed by atoms with van der Waals surface area (Å²) in [6.07, 6.45) is 2.20. The Kier molecular flexibility index (Phi) is 3.60. The summed E-state index contributed by atoms with van der Waals surface area (Å²) in [4.78, 5) is 0. The molecule has 0 aliphatic carbocycles. The SMILES string of the molecule is CNN/C(O)=C\C=N. The number of nitrogens with one attached hydrogen (secondary N) is 3. The first-order chi connectivity index (χ1) is 3.81. The highest BCUT2D eigenvalue weighted by atomic mass is 16.3. The zero-order chi connectivity index (χ0) is 6.41. The van der Waals surface area contributed by atoms with Gasteiger partial charge in [0.25, 0.3) is 0 Å². The molecule has 0 aliphatic heterocycles. The molecular weight excluding hydrogens is 106 g/mol. The fraction of sp³-hybridized carbons (Fsp3) is 0.250. The van der Waals surface area contributed by atoms with Crippen molar-refractivity contribution in [2.45, 2.75) is 0 Å². The second kappa shape index (κ2) is 4.14. The van der Waals surface area contributed by atoms with Crippen LogP contribution in [0.3, 0.4) is 0 Å². The van der Waals surface area contributed by atoms with Crippen molar-refractivity contribution < 1.29 is 5.11 Å². The number of hydrogen-bond acceptors (Lipinski definition) is 4. The zero-order valence-electron chi connectivity index (χ0n) is 4.60. The minimum Gasteiger partial charge on any atom is -0.494 e. The van der Waals surface area contributed by atoms with Crippen LogP contribution in [0.25, 0.3) is 0 Å². The molecule has 0 unspecified atom stereocenters. The van der Waals surface area contributed by atoms with Crippen molar-refractivity contribution in [3.05, 3.63) is 12.0 Å². The molecule has 0 saturated carbocycles. The predicted molar refractivity (Wildman–Crippen MR) is 31.7 cm³/mol. The number of allylic oxidation sites excluding steroid dienone is 1. The fourth-order valence-electron chi connectivity index (χ4n) is 0.249. The molecular formula is C4H9N3O. The van der Waals surface area contributed by atoms with Crippen LogP contribution in [0.1, 0.15) is 0 Å². The first-order valence-corrected chi connectivity index (χ1v) is 2.13. The number of hydrazine groups is 1. The Morgan fingerprint density at radius 2 is 2.38 bits per heavy atom. The van der Waals surface area contributed by atoms with E-state index in [1.165, 1.54) is 6.08 Å². The molecule has 4 N–H and O–H groups in total. The van der Waals surface area contributed by atoms with Crippen LogP contribution < -0.4 is 10.9 Å². The van der Waals surface area contributed by atoms with E-state index < -0.39 is 0 Å². The van der Waals surface area contributed by atoms with Gasteiger partial charge in [0, 0.05) is 19.3 Å². The van der Waals surface area contributed by atoms with Gasteiger partial charge in [-0.2, -0.15) is 0 Å². The number of hydrogen-bond donors (Lipinski definition) is 4. The standard InChI is InChI=1S/C4H9N3O/c1-6-7-4(8)2-3-5/h2-3,5-8H,1H3/b4-2+,5-3?. The van der Waals surface area contributed by atoms with E-state index in [1.54, 1.807) is 7.05 Å². The smallest absolute Gasteiger partial charge is 0.200 e. The average Bonchev–Trinajstić information content (AvgIpc) is 1.68. The molecule has 4 heteroatoms. The summed E-state index contributed by atoms with van der Waals surface area (Å²) in [5.41, 5.74) is 4.84. The lowest BCUT2D eigenvalue weighted by Crippen LogP contribution is -2.26. The normalized spacial score (nSPS) is 10.9.